The summed E-state index contributed by atoms with van der Waals surface area (Å²) in [6.07, 6.45) is -0.995. The molecule has 0 aliphatic rings. The molecule has 0 aliphatic carbocycles. The zero-order chi connectivity index (χ0) is 11.3. The van der Waals surface area contributed by atoms with Gasteiger partial charge >= 0.3 is 6.09 Å². The van der Waals surface area contributed by atoms with Crippen LogP contribution in [-0.2, 0) is 0 Å². The maximum absolute atomic E-state index is 13.2. The van der Waals surface area contributed by atoms with Crippen LogP contribution < -0.4 is 20.9 Å². The molecule has 0 bridgehead atoms. The van der Waals surface area contributed by atoms with Crippen molar-refractivity contribution < 1.29 is 18.7 Å². The summed E-state index contributed by atoms with van der Waals surface area (Å²) in [5, 5.41) is 0. The Morgan fingerprint density at radius 1 is 1.47 bits per heavy atom. The van der Waals surface area contributed by atoms with E-state index in [-0.39, 0.29) is 18.1 Å². The van der Waals surface area contributed by atoms with E-state index in [9.17, 15) is 9.18 Å². The molecule has 5 nitrogen and oxygen atoms in total. The summed E-state index contributed by atoms with van der Waals surface area (Å²) < 4.78 is 22.7. The van der Waals surface area contributed by atoms with Gasteiger partial charge in [-0.15, -0.1) is 0 Å². The highest BCUT2D eigenvalue weighted by molar-refractivity contribution is 5.68. The first-order chi connectivity index (χ1) is 7.13. The van der Waals surface area contributed by atoms with Gasteiger partial charge in [0.05, 0.1) is 0 Å². The van der Waals surface area contributed by atoms with Crippen LogP contribution in [-0.4, -0.2) is 19.2 Å². The van der Waals surface area contributed by atoms with Crippen molar-refractivity contribution >= 4 is 6.09 Å². The first-order valence-electron chi connectivity index (χ1n) is 4.23. The van der Waals surface area contributed by atoms with Crippen molar-refractivity contribution in [2.24, 2.45) is 11.5 Å². The summed E-state index contributed by atoms with van der Waals surface area (Å²) in [4.78, 5) is 10.4. The molecule has 0 unspecified atom stereocenters. The van der Waals surface area contributed by atoms with Crippen molar-refractivity contribution in [3.05, 3.63) is 24.0 Å². The molecule has 0 spiro atoms. The van der Waals surface area contributed by atoms with E-state index in [4.69, 9.17) is 16.2 Å². The Balaban J connectivity index is 2.74. The van der Waals surface area contributed by atoms with Gasteiger partial charge in [-0.25, -0.2) is 9.18 Å². The Hall–Kier alpha value is -1.82. The molecule has 4 N–H and O–H groups in total. The van der Waals surface area contributed by atoms with Crippen LogP contribution in [0.3, 0.4) is 0 Å². The summed E-state index contributed by atoms with van der Waals surface area (Å²) in [5.41, 5.74) is 9.95. The zero-order valence-corrected chi connectivity index (χ0v) is 7.90. The molecule has 1 aromatic rings. The number of benzene rings is 1. The van der Waals surface area contributed by atoms with Crippen LogP contribution in [0, 0.1) is 5.82 Å². The van der Waals surface area contributed by atoms with Gasteiger partial charge in [0.15, 0.2) is 11.6 Å². The average molecular weight is 214 g/mol. The number of rotatable bonds is 4. The molecule has 15 heavy (non-hydrogen) atoms. The second-order valence-corrected chi connectivity index (χ2v) is 2.65. The molecule has 82 valence electrons. The minimum Gasteiger partial charge on any atom is -0.489 e. The highest BCUT2D eigenvalue weighted by atomic mass is 19.1. The lowest BCUT2D eigenvalue weighted by atomic mass is 10.3. The number of hydrogen-bond donors (Lipinski definition) is 2. The number of hydrogen-bond acceptors (Lipinski definition) is 4. The van der Waals surface area contributed by atoms with E-state index in [0.29, 0.717) is 6.54 Å². The van der Waals surface area contributed by atoms with Crippen LogP contribution in [0.1, 0.15) is 0 Å². The molecule has 0 aromatic heterocycles. The SMILES string of the molecule is NCCOc1ccc(OC(N)=O)cc1F. The second-order valence-electron chi connectivity index (χ2n) is 2.65. The number of nitrogens with two attached hydrogens (primary N) is 2. The van der Waals surface area contributed by atoms with Gasteiger partial charge in [0.1, 0.15) is 12.4 Å². The molecule has 0 fully saturated rings. The number of ether oxygens (including phenoxy) is 2. The van der Waals surface area contributed by atoms with E-state index in [2.05, 4.69) is 4.74 Å². The van der Waals surface area contributed by atoms with E-state index in [1.165, 1.54) is 12.1 Å². The Bertz CT molecular complexity index is 357. The molecule has 0 atom stereocenters. The Labute approximate surface area is 85.8 Å². The molecular weight excluding hydrogens is 203 g/mol. The normalized spacial score (nSPS) is 9.73. The first-order valence-corrected chi connectivity index (χ1v) is 4.23. The van der Waals surface area contributed by atoms with E-state index < -0.39 is 11.9 Å². The average Bonchev–Trinajstić information content (AvgIpc) is 2.15. The zero-order valence-electron chi connectivity index (χ0n) is 7.90. The Morgan fingerprint density at radius 3 is 2.73 bits per heavy atom. The van der Waals surface area contributed by atoms with Gasteiger partial charge in [0, 0.05) is 12.6 Å². The third-order valence-electron chi connectivity index (χ3n) is 1.50. The fourth-order valence-corrected chi connectivity index (χ4v) is 0.947. The largest absolute Gasteiger partial charge is 0.489 e. The summed E-state index contributed by atoms with van der Waals surface area (Å²) in [6.45, 7) is 0.506. The van der Waals surface area contributed by atoms with Gasteiger partial charge in [0.2, 0.25) is 0 Å². The van der Waals surface area contributed by atoms with Crippen molar-refractivity contribution in [1.82, 2.24) is 0 Å². The topological polar surface area (TPSA) is 87.6 Å². The molecule has 1 amide bonds. The molecule has 1 aromatic carbocycles. The van der Waals surface area contributed by atoms with Gasteiger partial charge < -0.3 is 20.9 Å². The van der Waals surface area contributed by atoms with Crippen molar-refractivity contribution in [1.29, 1.82) is 0 Å². The third kappa shape index (κ3) is 3.43. The highest BCUT2D eigenvalue weighted by Crippen LogP contribution is 2.22. The predicted octanol–water partition coefficient (Wildman–Crippen LogP) is 0.621. The van der Waals surface area contributed by atoms with E-state index >= 15 is 0 Å². The number of primary amides is 1. The number of halogens is 1. The monoisotopic (exact) mass is 214 g/mol. The molecule has 0 saturated heterocycles. The number of carbonyl (C=O) groups excluding carboxylic acids is 1. The van der Waals surface area contributed by atoms with E-state index in [1.54, 1.807) is 0 Å². The van der Waals surface area contributed by atoms with Gasteiger partial charge in [-0.1, -0.05) is 0 Å². The highest BCUT2D eigenvalue weighted by Gasteiger charge is 2.06. The summed E-state index contributed by atoms with van der Waals surface area (Å²) in [7, 11) is 0. The maximum Gasteiger partial charge on any atom is 0.409 e. The Kier molecular flexibility index (Phi) is 3.87. The minimum atomic E-state index is -0.995. The van der Waals surface area contributed by atoms with Crippen LogP contribution in [0.4, 0.5) is 9.18 Å². The molecule has 6 heteroatoms. The van der Waals surface area contributed by atoms with Gasteiger partial charge in [0.25, 0.3) is 0 Å². The number of amides is 1. The number of carbonyl (C=O) groups is 1. The van der Waals surface area contributed by atoms with Crippen LogP contribution in [0.15, 0.2) is 18.2 Å². The lowest BCUT2D eigenvalue weighted by Gasteiger charge is -2.06. The molecule has 0 heterocycles. The van der Waals surface area contributed by atoms with Crippen molar-refractivity contribution in [3.63, 3.8) is 0 Å². The van der Waals surface area contributed by atoms with E-state index in [0.717, 1.165) is 6.07 Å². The summed E-state index contributed by atoms with van der Waals surface area (Å²) in [6, 6.07) is 3.72. The van der Waals surface area contributed by atoms with Gasteiger partial charge in [-0.05, 0) is 12.1 Å². The van der Waals surface area contributed by atoms with Gasteiger partial charge in [-0.3, -0.25) is 0 Å². The predicted molar refractivity (Wildman–Crippen MR) is 51.2 cm³/mol. The van der Waals surface area contributed by atoms with Crippen molar-refractivity contribution in [2.45, 2.75) is 0 Å². The first kappa shape index (κ1) is 11.3. The second kappa shape index (κ2) is 5.16. The smallest absolute Gasteiger partial charge is 0.409 e. The maximum atomic E-state index is 13.2. The summed E-state index contributed by atoms with van der Waals surface area (Å²) in [5.74, 6) is -0.556. The van der Waals surface area contributed by atoms with Crippen LogP contribution in [0.5, 0.6) is 11.5 Å². The lowest BCUT2D eigenvalue weighted by molar-refractivity contribution is 0.210. The lowest BCUT2D eigenvalue weighted by Crippen LogP contribution is -2.16. The Morgan fingerprint density at radius 2 is 2.20 bits per heavy atom. The fraction of sp³-hybridized carbons (Fsp3) is 0.222. The van der Waals surface area contributed by atoms with Crippen molar-refractivity contribution in [2.75, 3.05) is 13.2 Å². The van der Waals surface area contributed by atoms with Gasteiger partial charge in [-0.2, -0.15) is 0 Å². The van der Waals surface area contributed by atoms with Crippen molar-refractivity contribution in [3.8, 4) is 11.5 Å². The quantitative estimate of drug-likeness (QED) is 0.769. The standard InChI is InChI=1S/C9H11FN2O3/c10-7-5-6(15-9(12)13)1-2-8(7)14-4-3-11/h1-2,5H,3-4,11H2,(H2,12,13). The van der Waals surface area contributed by atoms with Crippen LogP contribution in [0.25, 0.3) is 0 Å². The third-order valence-corrected chi connectivity index (χ3v) is 1.50. The van der Waals surface area contributed by atoms with E-state index in [1.807, 2.05) is 0 Å². The molecule has 0 aliphatic heterocycles. The molecule has 0 saturated carbocycles. The minimum absolute atomic E-state index is 0.0279. The van der Waals surface area contributed by atoms with Crippen LogP contribution in [0.2, 0.25) is 0 Å². The molecular formula is C9H11FN2O3. The van der Waals surface area contributed by atoms with Crippen LogP contribution >= 0.6 is 0 Å². The fourth-order valence-electron chi connectivity index (χ4n) is 0.947. The molecule has 0 radical (unpaired) electrons. The summed E-state index contributed by atoms with van der Waals surface area (Å²) >= 11 is 0. The molecule has 1 rings (SSSR count).